The molecule has 1 rings (SSSR count). The van der Waals surface area contributed by atoms with Crippen LogP contribution in [0.1, 0.15) is 42.5 Å². The molecule has 0 fully saturated rings. The second kappa shape index (κ2) is 4.78. The Bertz CT molecular complexity index is 350. The maximum atomic E-state index is 9.01. The van der Waals surface area contributed by atoms with Crippen LogP contribution >= 0.6 is 0 Å². The summed E-state index contributed by atoms with van der Waals surface area (Å²) in [5, 5.41) is 9.01. The molecule has 1 atom stereocenters. The number of hydrogen-bond acceptors (Lipinski definition) is 2. The van der Waals surface area contributed by atoms with Crippen LogP contribution in [0.4, 0.5) is 0 Å². The third-order valence-corrected chi connectivity index (χ3v) is 2.42. The number of rotatable bonds is 3. The van der Waals surface area contributed by atoms with Crippen LogP contribution in [0.3, 0.4) is 0 Å². The van der Waals surface area contributed by atoms with Gasteiger partial charge in [0.05, 0.1) is 11.6 Å². The number of nitrogens with zero attached hydrogens (tertiary/aromatic N) is 1. The molecule has 2 nitrogen and oxygen atoms in total. The summed E-state index contributed by atoms with van der Waals surface area (Å²) < 4.78 is 0. The van der Waals surface area contributed by atoms with Crippen LogP contribution in [0, 0.1) is 18.3 Å². The molecule has 0 radical (unpaired) electrons. The zero-order valence-corrected chi connectivity index (χ0v) is 8.75. The summed E-state index contributed by atoms with van der Waals surface area (Å²) in [5.74, 6) is 0. The molecule has 0 saturated heterocycles. The van der Waals surface area contributed by atoms with Crippen LogP contribution in [-0.2, 0) is 0 Å². The minimum absolute atomic E-state index is 0.00505. The van der Waals surface area contributed by atoms with E-state index < -0.39 is 0 Å². The first-order valence-corrected chi connectivity index (χ1v) is 4.95. The molecular formula is C12H16N2. The number of benzene rings is 1. The van der Waals surface area contributed by atoms with Gasteiger partial charge in [-0.1, -0.05) is 31.5 Å². The average Bonchev–Trinajstić information content (AvgIpc) is 2.17. The maximum absolute atomic E-state index is 9.01. The van der Waals surface area contributed by atoms with Crippen molar-refractivity contribution in [3.63, 3.8) is 0 Å². The Balaban J connectivity index is 3.08. The molecule has 2 heteroatoms. The van der Waals surface area contributed by atoms with Crippen molar-refractivity contribution in [1.82, 2.24) is 0 Å². The lowest BCUT2D eigenvalue weighted by Crippen LogP contribution is -2.12. The van der Waals surface area contributed by atoms with Gasteiger partial charge in [-0.2, -0.15) is 5.26 Å². The largest absolute Gasteiger partial charge is 0.324 e. The van der Waals surface area contributed by atoms with E-state index in [9.17, 15) is 0 Å². The fraction of sp³-hybridized carbons (Fsp3) is 0.417. The Morgan fingerprint density at radius 2 is 2.21 bits per heavy atom. The summed E-state index contributed by atoms with van der Waals surface area (Å²) in [6, 6.07) is 8.07. The quantitative estimate of drug-likeness (QED) is 0.792. The molecule has 2 N–H and O–H groups in total. The minimum atomic E-state index is -0.00505. The van der Waals surface area contributed by atoms with Gasteiger partial charge in [0.15, 0.2) is 0 Å². The van der Waals surface area contributed by atoms with E-state index in [1.807, 2.05) is 25.1 Å². The predicted molar refractivity (Wildman–Crippen MR) is 57.7 cm³/mol. The number of nitriles is 1. The van der Waals surface area contributed by atoms with Gasteiger partial charge >= 0.3 is 0 Å². The first-order chi connectivity index (χ1) is 6.70. The van der Waals surface area contributed by atoms with Gasteiger partial charge in [0, 0.05) is 6.04 Å². The average molecular weight is 188 g/mol. The monoisotopic (exact) mass is 188 g/mol. The van der Waals surface area contributed by atoms with Crippen molar-refractivity contribution in [3.05, 3.63) is 34.9 Å². The highest BCUT2D eigenvalue weighted by atomic mass is 14.6. The SMILES string of the molecule is CCCC(N)c1cccc(C)c1C#N. The summed E-state index contributed by atoms with van der Waals surface area (Å²) in [6.07, 6.45) is 1.97. The topological polar surface area (TPSA) is 49.8 Å². The molecule has 1 aromatic carbocycles. The molecular weight excluding hydrogens is 172 g/mol. The van der Waals surface area contributed by atoms with E-state index in [1.54, 1.807) is 0 Å². The van der Waals surface area contributed by atoms with Crippen LogP contribution in [0.2, 0.25) is 0 Å². The summed E-state index contributed by atoms with van der Waals surface area (Å²) in [4.78, 5) is 0. The van der Waals surface area contributed by atoms with E-state index in [4.69, 9.17) is 11.0 Å². The van der Waals surface area contributed by atoms with E-state index in [-0.39, 0.29) is 6.04 Å². The Hall–Kier alpha value is -1.33. The van der Waals surface area contributed by atoms with Gasteiger partial charge in [-0.3, -0.25) is 0 Å². The van der Waals surface area contributed by atoms with Gasteiger partial charge in [0.2, 0.25) is 0 Å². The van der Waals surface area contributed by atoms with E-state index >= 15 is 0 Å². The highest BCUT2D eigenvalue weighted by Crippen LogP contribution is 2.21. The predicted octanol–water partition coefficient (Wildman–Crippen LogP) is 2.67. The van der Waals surface area contributed by atoms with Crippen LogP contribution in [0.5, 0.6) is 0 Å². The van der Waals surface area contributed by atoms with E-state index in [1.165, 1.54) is 0 Å². The van der Waals surface area contributed by atoms with Crippen molar-refractivity contribution in [2.75, 3.05) is 0 Å². The van der Waals surface area contributed by atoms with Crippen LogP contribution < -0.4 is 5.73 Å². The first-order valence-electron chi connectivity index (χ1n) is 4.95. The zero-order chi connectivity index (χ0) is 10.6. The van der Waals surface area contributed by atoms with E-state index in [0.717, 1.165) is 29.5 Å². The lowest BCUT2D eigenvalue weighted by Gasteiger charge is -2.13. The molecule has 0 aliphatic heterocycles. The normalized spacial score (nSPS) is 12.1. The van der Waals surface area contributed by atoms with E-state index in [2.05, 4.69) is 13.0 Å². The molecule has 0 aromatic heterocycles. The summed E-state index contributed by atoms with van der Waals surface area (Å²) in [7, 11) is 0. The van der Waals surface area contributed by atoms with Crippen LogP contribution in [0.15, 0.2) is 18.2 Å². The molecule has 0 heterocycles. The summed E-state index contributed by atoms with van der Waals surface area (Å²) >= 11 is 0. The molecule has 14 heavy (non-hydrogen) atoms. The number of hydrogen-bond donors (Lipinski definition) is 1. The fourth-order valence-corrected chi connectivity index (χ4v) is 1.62. The molecule has 0 bridgehead atoms. The van der Waals surface area contributed by atoms with Crippen molar-refractivity contribution in [3.8, 4) is 6.07 Å². The summed E-state index contributed by atoms with van der Waals surface area (Å²) in [6.45, 7) is 4.04. The highest BCUT2D eigenvalue weighted by molar-refractivity contribution is 5.45. The smallest absolute Gasteiger partial charge is 0.0997 e. The lowest BCUT2D eigenvalue weighted by molar-refractivity contribution is 0.636. The first kappa shape index (κ1) is 10.7. The highest BCUT2D eigenvalue weighted by Gasteiger charge is 2.11. The third-order valence-electron chi connectivity index (χ3n) is 2.42. The second-order valence-corrected chi connectivity index (χ2v) is 3.55. The summed E-state index contributed by atoms with van der Waals surface area (Å²) in [5.41, 5.74) is 8.74. The van der Waals surface area contributed by atoms with Crippen molar-refractivity contribution in [2.45, 2.75) is 32.7 Å². The van der Waals surface area contributed by atoms with Crippen molar-refractivity contribution < 1.29 is 0 Å². The van der Waals surface area contributed by atoms with Gasteiger partial charge in [0.1, 0.15) is 0 Å². The Kier molecular flexibility index (Phi) is 3.67. The standard InChI is InChI=1S/C12H16N2/c1-3-5-12(14)10-7-4-6-9(2)11(10)8-13/h4,6-7,12H,3,5,14H2,1-2H3. The Labute approximate surface area is 85.4 Å². The fourth-order valence-electron chi connectivity index (χ4n) is 1.62. The van der Waals surface area contributed by atoms with E-state index in [0.29, 0.717) is 0 Å². The van der Waals surface area contributed by atoms with Crippen LogP contribution in [-0.4, -0.2) is 0 Å². The minimum Gasteiger partial charge on any atom is -0.324 e. The lowest BCUT2D eigenvalue weighted by atomic mass is 9.95. The number of aryl methyl sites for hydroxylation is 1. The van der Waals surface area contributed by atoms with Gasteiger partial charge in [-0.05, 0) is 24.5 Å². The molecule has 1 unspecified atom stereocenters. The molecule has 0 saturated carbocycles. The Morgan fingerprint density at radius 3 is 2.79 bits per heavy atom. The molecule has 74 valence electrons. The van der Waals surface area contributed by atoms with Crippen LogP contribution in [0.25, 0.3) is 0 Å². The van der Waals surface area contributed by atoms with Gasteiger partial charge in [-0.25, -0.2) is 0 Å². The van der Waals surface area contributed by atoms with Gasteiger partial charge in [0.25, 0.3) is 0 Å². The molecule has 0 spiro atoms. The second-order valence-electron chi connectivity index (χ2n) is 3.55. The van der Waals surface area contributed by atoms with Crippen molar-refractivity contribution >= 4 is 0 Å². The number of nitrogens with two attached hydrogens (primary N) is 1. The Morgan fingerprint density at radius 1 is 1.50 bits per heavy atom. The maximum Gasteiger partial charge on any atom is 0.0997 e. The van der Waals surface area contributed by atoms with Gasteiger partial charge in [-0.15, -0.1) is 0 Å². The third kappa shape index (κ3) is 2.12. The molecule has 0 aliphatic carbocycles. The zero-order valence-electron chi connectivity index (χ0n) is 8.75. The van der Waals surface area contributed by atoms with Crippen molar-refractivity contribution in [1.29, 1.82) is 5.26 Å². The molecule has 0 aliphatic rings. The molecule has 1 aromatic rings. The van der Waals surface area contributed by atoms with Gasteiger partial charge < -0.3 is 5.73 Å². The van der Waals surface area contributed by atoms with Crippen molar-refractivity contribution in [2.24, 2.45) is 5.73 Å². The molecule has 0 amide bonds.